The molecule has 1 unspecified atom stereocenters. The molecule has 2 rings (SSSR count). The molecule has 0 bridgehead atoms. The number of nitrogens with zero attached hydrogens (tertiary/aromatic N) is 1. The molecule has 0 aliphatic rings. The highest BCUT2D eigenvalue weighted by molar-refractivity contribution is 7.13. The minimum absolute atomic E-state index is 0.00406. The average Bonchev–Trinajstić information content (AvgIpc) is 2.87. The number of hydroxylamine groups is 1. The normalized spacial score (nSPS) is 12.2. The van der Waals surface area contributed by atoms with E-state index in [-0.39, 0.29) is 12.2 Å². The van der Waals surface area contributed by atoms with Gasteiger partial charge in [-0.2, -0.15) is 0 Å². The molecule has 1 atom stereocenters. The van der Waals surface area contributed by atoms with Gasteiger partial charge in [0.25, 0.3) is 5.91 Å². The lowest BCUT2D eigenvalue weighted by Gasteiger charge is -2.05. The fourth-order valence-corrected chi connectivity index (χ4v) is 2.33. The Morgan fingerprint density at radius 3 is 2.74 bits per heavy atom. The molecule has 3 N–H and O–H groups in total. The van der Waals surface area contributed by atoms with Crippen LogP contribution in [0.3, 0.4) is 0 Å². The number of aromatic nitrogens is 1. The Morgan fingerprint density at radius 2 is 2.11 bits per heavy atom. The van der Waals surface area contributed by atoms with E-state index in [0.717, 1.165) is 5.56 Å². The first-order valence-corrected chi connectivity index (χ1v) is 6.30. The third-order valence-electron chi connectivity index (χ3n) is 2.46. The second kappa shape index (κ2) is 5.87. The van der Waals surface area contributed by atoms with E-state index in [1.54, 1.807) is 17.5 Å². The molecule has 0 saturated heterocycles. The fraction of sp³-hybridized carbons (Fsp3) is 0.167. The van der Waals surface area contributed by atoms with Crippen molar-refractivity contribution in [3.8, 4) is 10.6 Å². The van der Waals surface area contributed by atoms with Gasteiger partial charge in [-0.05, 0) is 24.3 Å². The summed E-state index contributed by atoms with van der Waals surface area (Å²) in [6.45, 7) is 0. The molecule has 5 nitrogen and oxygen atoms in total. The van der Waals surface area contributed by atoms with Gasteiger partial charge in [-0.3, -0.25) is 10.0 Å². The summed E-state index contributed by atoms with van der Waals surface area (Å²) in [4.78, 5) is 15.2. The molecule has 1 amide bonds. The van der Waals surface area contributed by atoms with Crippen molar-refractivity contribution >= 4 is 17.2 Å². The van der Waals surface area contributed by atoms with E-state index in [2.05, 4.69) is 4.98 Å². The van der Waals surface area contributed by atoms with Crippen molar-refractivity contribution in [3.05, 3.63) is 41.2 Å². The molecule has 0 spiro atoms. The van der Waals surface area contributed by atoms with E-state index in [1.165, 1.54) is 28.9 Å². The summed E-state index contributed by atoms with van der Waals surface area (Å²) >= 11 is 1.33. The zero-order valence-electron chi connectivity index (χ0n) is 9.71. The van der Waals surface area contributed by atoms with Gasteiger partial charge in [-0.15, -0.1) is 11.3 Å². The quantitative estimate of drug-likeness (QED) is 0.584. The Hall–Kier alpha value is -1.83. The summed E-state index contributed by atoms with van der Waals surface area (Å²) in [7, 11) is 0. The smallest absolute Gasteiger partial charge is 0.272 e. The molecule has 1 aromatic carbocycles. The first-order valence-electron chi connectivity index (χ1n) is 5.42. The molecule has 1 aromatic heterocycles. The molecule has 100 valence electrons. The lowest BCUT2D eigenvalue weighted by Crippen LogP contribution is -2.33. The number of benzene rings is 1. The van der Waals surface area contributed by atoms with Gasteiger partial charge >= 0.3 is 0 Å². The van der Waals surface area contributed by atoms with Crippen LogP contribution in [0.15, 0.2) is 29.6 Å². The molecule has 1 heterocycles. The molecule has 7 heteroatoms. The predicted molar refractivity (Wildman–Crippen MR) is 67.1 cm³/mol. The Bertz CT molecular complexity index is 571. The van der Waals surface area contributed by atoms with Crippen LogP contribution in [0.4, 0.5) is 4.39 Å². The van der Waals surface area contributed by atoms with Gasteiger partial charge in [0, 0.05) is 17.4 Å². The molecular formula is C12H11FN2O3S. The van der Waals surface area contributed by atoms with Gasteiger partial charge in [0.05, 0.1) is 5.69 Å². The number of aliphatic hydroxyl groups is 1. The van der Waals surface area contributed by atoms with Gasteiger partial charge in [0.1, 0.15) is 16.9 Å². The number of hydrogen-bond acceptors (Lipinski definition) is 5. The van der Waals surface area contributed by atoms with Crippen LogP contribution in [0.5, 0.6) is 0 Å². The molecule has 19 heavy (non-hydrogen) atoms. The summed E-state index contributed by atoms with van der Waals surface area (Å²) in [5.74, 6) is -1.20. The maximum atomic E-state index is 12.8. The highest BCUT2D eigenvalue weighted by atomic mass is 32.1. The summed E-state index contributed by atoms with van der Waals surface area (Å²) in [5.41, 5.74) is 2.67. The van der Waals surface area contributed by atoms with Crippen LogP contribution in [-0.4, -0.2) is 27.3 Å². The first kappa shape index (κ1) is 13.6. The lowest BCUT2D eigenvalue weighted by molar-refractivity contribution is -0.137. The number of amides is 1. The second-order valence-electron chi connectivity index (χ2n) is 3.85. The van der Waals surface area contributed by atoms with Crippen LogP contribution in [0.1, 0.15) is 5.69 Å². The lowest BCUT2D eigenvalue weighted by atomic mass is 10.2. The van der Waals surface area contributed by atoms with Gasteiger partial charge < -0.3 is 5.11 Å². The summed E-state index contributed by atoms with van der Waals surface area (Å²) < 4.78 is 12.8. The van der Waals surface area contributed by atoms with Crippen LogP contribution < -0.4 is 5.48 Å². The average molecular weight is 282 g/mol. The number of carbonyl (C=O) groups is 1. The topological polar surface area (TPSA) is 82.5 Å². The van der Waals surface area contributed by atoms with Crippen molar-refractivity contribution in [1.29, 1.82) is 0 Å². The Morgan fingerprint density at radius 1 is 1.42 bits per heavy atom. The van der Waals surface area contributed by atoms with E-state index in [1.807, 2.05) is 0 Å². The number of nitrogens with one attached hydrogen (secondary N) is 1. The van der Waals surface area contributed by atoms with E-state index < -0.39 is 12.0 Å². The predicted octanol–water partition coefficient (Wildman–Crippen LogP) is 1.36. The fourth-order valence-electron chi connectivity index (χ4n) is 1.49. The maximum Gasteiger partial charge on any atom is 0.272 e. The van der Waals surface area contributed by atoms with E-state index in [9.17, 15) is 14.3 Å². The number of hydrogen-bond donors (Lipinski definition) is 3. The Balaban J connectivity index is 2.11. The minimum atomic E-state index is -1.35. The number of thiazole rings is 1. The van der Waals surface area contributed by atoms with E-state index in [0.29, 0.717) is 10.7 Å². The Labute approximate surface area is 112 Å². The number of aliphatic hydroxyl groups excluding tert-OH is 1. The molecule has 0 fully saturated rings. The molecule has 0 aliphatic heterocycles. The third kappa shape index (κ3) is 3.34. The van der Waals surface area contributed by atoms with Crippen LogP contribution in [0, 0.1) is 5.82 Å². The first-order chi connectivity index (χ1) is 9.10. The molecule has 0 radical (unpaired) electrons. The highest BCUT2D eigenvalue weighted by Crippen LogP contribution is 2.24. The monoisotopic (exact) mass is 282 g/mol. The Kier molecular flexibility index (Phi) is 4.20. The van der Waals surface area contributed by atoms with Crippen molar-refractivity contribution in [2.75, 3.05) is 0 Å². The minimum Gasteiger partial charge on any atom is -0.383 e. The number of halogens is 1. The zero-order chi connectivity index (χ0) is 13.8. The van der Waals surface area contributed by atoms with Crippen molar-refractivity contribution < 1.29 is 19.5 Å². The molecular weight excluding hydrogens is 271 g/mol. The molecule has 0 aliphatic carbocycles. The van der Waals surface area contributed by atoms with Crippen LogP contribution >= 0.6 is 11.3 Å². The van der Waals surface area contributed by atoms with Crippen molar-refractivity contribution in [2.45, 2.75) is 12.5 Å². The van der Waals surface area contributed by atoms with Crippen LogP contribution in [-0.2, 0) is 11.2 Å². The number of carbonyl (C=O) groups excluding carboxylic acids is 1. The van der Waals surface area contributed by atoms with Gasteiger partial charge in [0.2, 0.25) is 0 Å². The summed E-state index contributed by atoms with van der Waals surface area (Å²) in [6, 6.07) is 5.89. The van der Waals surface area contributed by atoms with E-state index >= 15 is 0 Å². The highest BCUT2D eigenvalue weighted by Gasteiger charge is 2.16. The van der Waals surface area contributed by atoms with Crippen molar-refractivity contribution in [2.24, 2.45) is 0 Å². The van der Waals surface area contributed by atoms with Gasteiger partial charge in [0.15, 0.2) is 0 Å². The second-order valence-corrected chi connectivity index (χ2v) is 4.70. The van der Waals surface area contributed by atoms with Gasteiger partial charge in [-0.25, -0.2) is 14.9 Å². The summed E-state index contributed by atoms with van der Waals surface area (Å²) in [6.07, 6.45) is -1.35. The third-order valence-corrected chi connectivity index (χ3v) is 3.40. The standard InChI is InChI=1S/C12H11FN2O3S/c13-8-3-1-7(2-4-8)12-14-9(6-19-12)5-10(16)11(17)15-18/h1-4,6,10,16,18H,5H2,(H,15,17). The SMILES string of the molecule is O=C(NO)C(O)Cc1csc(-c2ccc(F)cc2)n1. The summed E-state index contributed by atoms with van der Waals surface area (Å²) in [5, 5.41) is 20.2. The van der Waals surface area contributed by atoms with Crippen molar-refractivity contribution in [1.82, 2.24) is 10.5 Å². The molecule has 0 saturated carbocycles. The maximum absolute atomic E-state index is 12.8. The zero-order valence-corrected chi connectivity index (χ0v) is 10.5. The number of rotatable bonds is 4. The van der Waals surface area contributed by atoms with Crippen molar-refractivity contribution in [3.63, 3.8) is 0 Å². The van der Waals surface area contributed by atoms with E-state index in [4.69, 9.17) is 5.21 Å². The largest absolute Gasteiger partial charge is 0.383 e. The van der Waals surface area contributed by atoms with Gasteiger partial charge in [-0.1, -0.05) is 0 Å². The molecule has 2 aromatic rings. The van der Waals surface area contributed by atoms with Crippen LogP contribution in [0.2, 0.25) is 0 Å². The van der Waals surface area contributed by atoms with Crippen LogP contribution in [0.25, 0.3) is 10.6 Å².